The van der Waals surface area contributed by atoms with Gasteiger partial charge in [0, 0.05) is 18.2 Å². The van der Waals surface area contributed by atoms with Crippen molar-refractivity contribution >= 4 is 10.0 Å². The molecular formula is C21H25N3O5S. The largest absolute Gasteiger partial charge is 0.497 e. The van der Waals surface area contributed by atoms with Gasteiger partial charge in [0.25, 0.3) is 0 Å². The van der Waals surface area contributed by atoms with Gasteiger partial charge in [0.15, 0.2) is 0 Å². The van der Waals surface area contributed by atoms with Crippen molar-refractivity contribution in [1.82, 2.24) is 14.5 Å². The monoisotopic (exact) mass is 431 g/mol. The quantitative estimate of drug-likeness (QED) is 0.497. The van der Waals surface area contributed by atoms with E-state index in [1.807, 2.05) is 54.6 Å². The van der Waals surface area contributed by atoms with Crippen LogP contribution in [0.1, 0.15) is 6.92 Å². The van der Waals surface area contributed by atoms with Gasteiger partial charge in [0.1, 0.15) is 18.1 Å². The maximum absolute atomic E-state index is 11.4. The van der Waals surface area contributed by atoms with Crippen molar-refractivity contribution in [3.63, 3.8) is 0 Å². The molecule has 0 amide bonds. The highest BCUT2D eigenvalue weighted by Crippen LogP contribution is 2.29. The van der Waals surface area contributed by atoms with Crippen LogP contribution in [0.3, 0.4) is 0 Å². The van der Waals surface area contributed by atoms with Gasteiger partial charge >= 0.3 is 0 Å². The third-order valence-electron chi connectivity index (χ3n) is 4.44. The topological polar surface area (TPSA) is 91.7 Å². The maximum atomic E-state index is 11.4. The van der Waals surface area contributed by atoms with Crippen LogP contribution in [-0.2, 0) is 10.0 Å². The molecule has 8 nitrogen and oxygen atoms in total. The molecule has 0 spiro atoms. The fraction of sp³-hybridized carbons (Fsp3) is 0.286. The van der Waals surface area contributed by atoms with E-state index in [1.54, 1.807) is 25.8 Å². The molecule has 0 aliphatic carbocycles. The van der Waals surface area contributed by atoms with Crippen molar-refractivity contribution in [1.29, 1.82) is 0 Å². The Morgan fingerprint density at radius 3 is 2.23 bits per heavy atom. The van der Waals surface area contributed by atoms with Gasteiger partial charge in [-0.25, -0.2) is 17.8 Å². The number of hydrogen-bond acceptors (Lipinski definition) is 6. The Kier molecular flexibility index (Phi) is 6.96. The second kappa shape index (κ2) is 9.64. The summed E-state index contributed by atoms with van der Waals surface area (Å²) in [7, 11) is -0.00959. The van der Waals surface area contributed by atoms with E-state index in [2.05, 4.69) is 9.82 Å². The van der Waals surface area contributed by atoms with Crippen LogP contribution < -0.4 is 18.9 Å². The lowest BCUT2D eigenvalue weighted by atomic mass is 10.1. The average molecular weight is 432 g/mol. The zero-order valence-corrected chi connectivity index (χ0v) is 18.0. The summed E-state index contributed by atoms with van der Waals surface area (Å²) in [5.41, 5.74) is 2.66. The van der Waals surface area contributed by atoms with Crippen LogP contribution in [0, 0.1) is 0 Å². The van der Waals surface area contributed by atoms with Crippen LogP contribution in [0.4, 0.5) is 0 Å². The highest BCUT2D eigenvalue weighted by atomic mass is 32.2. The van der Waals surface area contributed by atoms with Crippen molar-refractivity contribution in [2.24, 2.45) is 0 Å². The van der Waals surface area contributed by atoms with Gasteiger partial charge in [-0.2, -0.15) is 0 Å². The summed E-state index contributed by atoms with van der Waals surface area (Å²) in [5.74, 6) is 1.97. The van der Waals surface area contributed by atoms with Gasteiger partial charge in [0.2, 0.25) is 15.9 Å². The molecule has 0 aliphatic rings. The first-order valence-corrected chi connectivity index (χ1v) is 11.1. The van der Waals surface area contributed by atoms with E-state index in [1.165, 1.54) is 0 Å². The van der Waals surface area contributed by atoms with Crippen LogP contribution in [0.5, 0.6) is 17.4 Å². The lowest BCUT2D eigenvalue weighted by molar-refractivity contribution is 0.323. The Balaban J connectivity index is 1.75. The first kappa shape index (κ1) is 21.7. The number of nitrogens with one attached hydrogen (secondary N) is 1. The van der Waals surface area contributed by atoms with Crippen molar-refractivity contribution in [3.05, 3.63) is 54.6 Å². The summed E-state index contributed by atoms with van der Waals surface area (Å²) < 4.78 is 43.3. The second-order valence-electron chi connectivity index (χ2n) is 6.35. The molecule has 0 fully saturated rings. The Morgan fingerprint density at radius 2 is 1.63 bits per heavy atom. The minimum absolute atomic E-state index is 0.0486. The zero-order chi connectivity index (χ0) is 21.6. The molecule has 0 unspecified atom stereocenters. The minimum Gasteiger partial charge on any atom is -0.497 e. The molecule has 0 aliphatic heterocycles. The Morgan fingerprint density at radius 1 is 0.967 bits per heavy atom. The fourth-order valence-electron chi connectivity index (χ4n) is 2.78. The predicted octanol–water partition coefficient (Wildman–Crippen LogP) is 2.87. The summed E-state index contributed by atoms with van der Waals surface area (Å²) in [6, 6.07) is 17.0. The third kappa shape index (κ3) is 5.31. The molecule has 9 heteroatoms. The van der Waals surface area contributed by atoms with E-state index in [4.69, 9.17) is 14.2 Å². The van der Waals surface area contributed by atoms with E-state index in [9.17, 15) is 8.42 Å². The molecule has 1 aromatic heterocycles. The molecule has 30 heavy (non-hydrogen) atoms. The van der Waals surface area contributed by atoms with E-state index in [0.717, 1.165) is 22.7 Å². The molecule has 0 saturated heterocycles. The van der Waals surface area contributed by atoms with E-state index < -0.39 is 10.0 Å². The van der Waals surface area contributed by atoms with Crippen LogP contribution >= 0.6 is 0 Å². The zero-order valence-electron chi connectivity index (χ0n) is 17.2. The van der Waals surface area contributed by atoms with E-state index in [0.29, 0.717) is 11.6 Å². The first-order valence-electron chi connectivity index (χ1n) is 9.45. The molecule has 1 heterocycles. The van der Waals surface area contributed by atoms with Crippen molar-refractivity contribution < 1.29 is 22.6 Å². The van der Waals surface area contributed by atoms with Crippen LogP contribution in [-0.4, -0.2) is 51.3 Å². The van der Waals surface area contributed by atoms with Gasteiger partial charge in [-0.3, -0.25) is 0 Å². The second-order valence-corrected chi connectivity index (χ2v) is 8.45. The summed E-state index contributed by atoms with van der Waals surface area (Å²) in [4.78, 5) is 0. The Bertz CT molecular complexity index is 1060. The number of hydrogen-bond donors (Lipinski definition) is 1. The third-order valence-corrected chi connectivity index (χ3v) is 5.84. The molecule has 0 radical (unpaired) electrons. The van der Waals surface area contributed by atoms with Crippen molar-refractivity contribution in [2.75, 3.05) is 33.1 Å². The standard InChI is InChI=1S/C21H25N3O5S/c1-4-30(25,26)22-13-14-29-19-9-5-16(6-10-19)20-15-21(28-3)23-24(20)17-7-11-18(27-2)12-8-17/h5-12,15,22H,4,13-14H2,1-3H3. The van der Waals surface area contributed by atoms with Gasteiger partial charge in [-0.05, 0) is 55.5 Å². The summed E-state index contributed by atoms with van der Waals surface area (Å²) in [6.45, 7) is 2.06. The molecule has 160 valence electrons. The van der Waals surface area contributed by atoms with Gasteiger partial charge < -0.3 is 14.2 Å². The molecular weight excluding hydrogens is 406 g/mol. The number of methoxy groups -OCH3 is 2. The number of benzene rings is 2. The molecule has 1 N–H and O–H groups in total. The molecule has 0 bridgehead atoms. The fourth-order valence-corrected chi connectivity index (χ4v) is 3.37. The van der Waals surface area contributed by atoms with Crippen LogP contribution in [0.2, 0.25) is 0 Å². The first-order chi connectivity index (χ1) is 14.5. The molecule has 0 atom stereocenters. The SMILES string of the molecule is CCS(=O)(=O)NCCOc1ccc(-c2cc(OC)nn2-c2ccc(OC)cc2)cc1. The normalized spacial score (nSPS) is 11.3. The van der Waals surface area contributed by atoms with E-state index in [-0.39, 0.29) is 18.9 Å². The van der Waals surface area contributed by atoms with Gasteiger partial charge in [-0.15, -0.1) is 5.10 Å². The molecule has 3 aromatic rings. The average Bonchev–Trinajstić information content (AvgIpc) is 3.22. The van der Waals surface area contributed by atoms with Gasteiger partial charge in [0.05, 0.1) is 31.4 Å². The minimum atomic E-state index is -3.21. The summed E-state index contributed by atoms with van der Waals surface area (Å²) in [5, 5.41) is 4.50. The Labute approximate surface area is 176 Å². The molecule has 2 aromatic carbocycles. The predicted molar refractivity (Wildman–Crippen MR) is 115 cm³/mol. The number of rotatable bonds is 10. The Hall–Kier alpha value is -3.04. The van der Waals surface area contributed by atoms with E-state index >= 15 is 0 Å². The highest BCUT2D eigenvalue weighted by Gasteiger charge is 2.13. The number of ether oxygens (including phenoxy) is 3. The molecule has 0 saturated carbocycles. The number of sulfonamides is 1. The van der Waals surface area contributed by atoms with Gasteiger partial charge in [-0.1, -0.05) is 0 Å². The van der Waals surface area contributed by atoms with Crippen molar-refractivity contribution in [3.8, 4) is 34.3 Å². The van der Waals surface area contributed by atoms with Crippen LogP contribution in [0.25, 0.3) is 16.9 Å². The van der Waals surface area contributed by atoms with Crippen LogP contribution in [0.15, 0.2) is 54.6 Å². The number of aromatic nitrogens is 2. The smallest absolute Gasteiger partial charge is 0.233 e. The number of nitrogens with zero attached hydrogens (tertiary/aromatic N) is 2. The lowest BCUT2D eigenvalue weighted by Crippen LogP contribution is -2.29. The lowest BCUT2D eigenvalue weighted by Gasteiger charge is -2.10. The summed E-state index contributed by atoms with van der Waals surface area (Å²) in [6.07, 6.45) is 0. The summed E-state index contributed by atoms with van der Waals surface area (Å²) >= 11 is 0. The maximum Gasteiger partial charge on any atom is 0.233 e. The molecule has 3 rings (SSSR count). The van der Waals surface area contributed by atoms with Crippen molar-refractivity contribution in [2.45, 2.75) is 6.92 Å². The highest BCUT2D eigenvalue weighted by molar-refractivity contribution is 7.89.